The second-order valence-corrected chi connectivity index (χ2v) is 4.97. The van der Waals surface area contributed by atoms with Crippen LogP contribution in [0.3, 0.4) is 0 Å². The van der Waals surface area contributed by atoms with Crippen LogP contribution in [0.25, 0.3) is 0 Å². The molecule has 1 fully saturated rings. The highest BCUT2D eigenvalue weighted by Crippen LogP contribution is 2.26. The molecule has 1 saturated heterocycles. The van der Waals surface area contributed by atoms with E-state index in [-0.39, 0.29) is 19.0 Å². The van der Waals surface area contributed by atoms with Gasteiger partial charge in [0.25, 0.3) is 5.91 Å². The van der Waals surface area contributed by atoms with Crippen LogP contribution < -0.4 is 4.90 Å². The van der Waals surface area contributed by atoms with Crippen molar-refractivity contribution >= 4 is 17.8 Å². The average Bonchev–Trinajstić information content (AvgIpc) is 2.41. The summed E-state index contributed by atoms with van der Waals surface area (Å²) < 4.78 is 0. The van der Waals surface area contributed by atoms with Crippen LogP contribution in [0, 0.1) is 11.3 Å². The molecule has 0 saturated carbocycles. The Balaban J connectivity index is 2.29. The molecule has 1 aliphatic heterocycles. The Kier molecular flexibility index (Phi) is 3.32. The van der Waals surface area contributed by atoms with Crippen LogP contribution >= 0.6 is 0 Å². The van der Waals surface area contributed by atoms with Crippen LogP contribution in [0.4, 0.5) is 10.6 Å². The molecule has 104 valence electrons. The Hall–Kier alpha value is -2.62. The van der Waals surface area contributed by atoms with E-state index in [9.17, 15) is 9.59 Å². The van der Waals surface area contributed by atoms with Crippen LogP contribution in [0.2, 0.25) is 0 Å². The Morgan fingerprint density at radius 2 is 2.15 bits per heavy atom. The first-order valence-electron chi connectivity index (χ1n) is 6.06. The third-order valence-electron chi connectivity index (χ3n) is 3.37. The number of hydrogen-bond donors (Lipinski definition) is 1. The number of pyridine rings is 1. The van der Waals surface area contributed by atoms with Gasteiger partial charge in [-0.1, -0.05) is 0 Å². The lowest BCUT2D eigenvalue weighted by molar-refractivity contribution is -0.130. The highest BCUT2D eigenvalue weighted by Gasteiger charge is 2.45. The number of carboxylic acid groups (broad SMARTS) is 1. The molecule has 0 bridgehead atoms. The van der Waals surface area contributed by atoms with E-state index >= 15 is 0 Å². The SMILES string of the molecule is CC1(C)C(=O)N(c2ccc(C#N)cn2)CCN1C(=O)O. The van der Waals surface area contributed by atoms with E-state index in [0.29, 0.717) is 11.4 Å². The van der Waals surface area contributed by atoms with Crippen LogP contribution in [-0.4, -0.2) is 45.6 Å². The first-order valence-corrected chi connectivity index (χ1v) is 6.06. The first kappa shape index (κ1) is 13.8. The van der Waals surface area contributed by atoms with Crippen molar-refractivity contribution in [2.24, 2.45) is 0 Å². The Morgan fingerprint density at radius 1 is 1.45 bits per heavy atom. The lowest BCUT2D eigenvalue weighted by Crippen LogP contribution is -2.64. The molecule has 0 aliphatic carbocycles. The van der Waals surface area contributed by atoms with Crippen LogP contribution in [-0.2, 0) is 4.79 Å². The van der Waals surface area contributed by atoms with Gasteiger partial charge in [-0.3, -0.25) is 14.6 Å². The van der Waals surface area contributed by atoms with Crippen molar-refractivity contribution in [3.8, 4) is 6.07 Å². The number of hydrogen-bond acceptors (Lipinski definition) is 4. The topological polar surface area (TPSA) is 97.5 Å². The summed E-state index contributed by atoms with van der Waals surface area (Å²) in [6, 6.07) is 5.12. The number of piperazine rings is 1. The molecule has 0 radical (unpaired) electrons. The van der Waals surface area contributed by atoms with Gasteiger partial charge in [-0.15, -0.1) is 0 Å². The fourth-order valence-electron chi connectivity index (χ4n) is 2.19. The van der Waals surface area contributed by atoms with E-state index in [1.165, 1.54) is 11.1 Å². The van der Waals surface area contributed by atoms with Crippen molar-refractivity contribution in [1.29, 1.82) is 5.26 Å². The van der Waals surface area contributed by atoms with E-state index in [2.05, 4.69) is 4.98 Å². The molecule has 20 heavy (non-hydrogen) atoms. The zero-order valence-electron chi connectivity index (χ0n) is 11.2. The number of anilines is 1. The van der Waals surface area contributed by atoms with E-state index in [1.807, 2.05) is 6.07 Å². The average molecular weight is 274 g/mol. The maximum absolute atomic E-state index is 12.4. The van der Waals surface area contributed by atoms with E-state index in [4.69, 9.17) is 10.4 Å². The van der Waals surface area contributed by atoms with Crippen molar-refractivity contribution < 1.29 is 14.7 Å². The van der Waals surface area contributed by atoms with Gasteiger partial charge in [0.15, 0.2) is 0 Å². The monoisotopic (exact) mass is 274 g/mol. The van der Waals surface area contributed by atoms with Crippen molar-refractivity contribution in [3.05, 3.63) is 23.9 Å². The summed E-state index contributed by atoms with van der Waals surface area (Å²) in [5, 5.41) is 17.8. The minimum absolute atomic E-state index is 0.218. The smallest absolute Gasteiger partial charge is 0.408 e. The Bertz CT molecular complexity index is 589. The number of amides is 2. The second-order valence-electron chi connectivity index (χ2n) is 4.97. The fourth-order valence-corrected chi connectivity index (χ4v) is 2.19. The number of aromatic nitrogens is 1. The molecule has 1 aromatic rings. The largest absolute Gasteiger partial charge is 0.465 e. The van der Waals surface area contributed by atoms with Crippen molar-refractivity contribution in [1.82, 2.24) is 9.88 Å². The zero-order chi connectivity index (χ0) is 14.9. The standard InChI is InChI=1S/C13H14N4O3/c1-13(2)11(18)16(5-6-17(13)12(19)20)10-4-3-9(7-14)8-15-10/h3-4,8H,5-6H2,1-2H3,(H,19,20). The molecule has 0 atom stereocenters. The Morgan fingerprint density at radius 3 is 2.65 bits per heavy atom. The molecule has 7 heteroatoms. The third kappa shape index (κ3) is 2.16. The molecule has 1 N–H and O–H groups in total. The number of nitriles is 1. The van der Waals surface area contributed by atoms with Crippen LogP contribution in [0.15, 0.2) is 18.3 Å². The summed E-state index contributed by atoms with van der Waals surface area (Å²) in [5.41, 5.74) is -0.732. The molecule has 2 amide bonds. The van der Waals surface area contributed by atoms with E-state index in [0.717, 1.165) is 4.90 Å². The summed E-state index contributed by atoms with van der Waals surface area (Å²) in [5.74, 6) is 0.0930. The maximum atomic E-state index is 12.4. The van der Waals surface area contributed by atoms with Gasteiger partial charge in [0.1, 0.15) is 17.4 Å². The van der Waals surface area contributed by atoms with Gasteiger partial charge >= 0.3 is 6.09 Å². The predicted molar refractivity (Wildman–Crippen MR) is 70.1 cm³/mol. The van der Waals surface area contributed by atoms with Crippen molar-refractivity contribution in [3.63, 3.8) is 0 Å². The quantitative estimate of drug-likeness (QED) is 0.825. The van der Waals surface area contributed by atoms with Gasteiger partial charge in [0, 0.05) is 19.3 Å². The van der Waals surface area contributed by atoms with E-state index < -0.39 is 11.6 Å². The second kappa shape index (κ2) is 4.81. The zero-order valence-corrected chi connectivity index (χ0v) is 11.2. The molecule has 2 heterocycles. The van der Waals surface area contributed by atoms with Gasteiger partial charge in [0.05, 0.1) is 5.56 Å². The number of rotatable bonds is 1. The normalized spacial score (nSPS) is 17.8. The third-order valence-corrected chi connectivity index (χ3v) is 3.37. The fraction of sp³-hybridized carbons (Fsp3) is 0.385. The lowest BCUT2D eigenvalue weighted by atomic mass is 9.98. The first-order chi connectivity index (χ1) is 9.37. The Labute approximate surface area is 116 Å². The van der Waals surface area contributed by atoms with Gasteiger partial charge in [0.2, 0.25) is 0 Å². The van der Waals surface area contributed by atoms with Gasteiger partial charge in [-0.05, 0) is 26.0 Å². The summed E-state index contributed by atoms with van der Waals surface area (Å²) in [4.78, 5) is 30.2. The van der Waals surface area contributed by atoms with Crippen molar-refractivity contribution in [2.75, 3.05) is 18.0 Å². The van der Waals surface area contributed by atoms with E-state index in [1.54, 1.807) is 26.0 Å². The van der Waals surface area contributed by atoms with Gasteiger partial charge < -0.3 is 5.11 Å². The minimum atomic E-state index is -1.14. The summed E-state index contributed by atoms with van der Waals surface area (Å²) in [7, 11) is 0. The highest BCUT2D eigenvalue weighted by atomic mass is 16.4. The molecule has 2 rings (SSSR count). The summed E-state index contributed by atoms with van der Waals surface area (Å²) in [6.07, 6.45) is 0.273. The van der Waals surface area contributed by atoms with Crippen LogP contribution in [0.5, 0.6) is 0 Å². The lowest BCUT2D eigenvalue weighted by Gasteiger charge is -2.43. The van der Waals surface area contributed by atoms with Crippen LogP contribution in [0.1, 0.15) is 19.4 Å². The highest BCUT2D eigenvalue weighted by molar-refractivity contribution is 6.01. The van der Waals surface area contributed by atoms with Gasteiger partial charge in [-0.2, -0.15) is 5.26 Å². The molecule has 7 nitrogen and oxygen atoms in total. The molecule has 0 spiro atoms. The number of carbonyl (C=O) groups is 2. The number of nitrogens with zero attached hydrogens (tertiary/aromatic N) is 4. The molecular formula is C13H14N4O3. The summed E-state index contributed by atoms with van der Waals surface area (Å²) in [6.45, 7) is 3.60. The molecule has 1 aliphatic rings. The molecular weight excluding hydrogens is 260 g/mol. The molecule has 1 aromatic heterocycles. The van der Waals surface area contributed by atoms with Gasteiger partial charge in [-0.25, -0.2) is 9.78 Å². The predicted octanol–water partition coefficient (Wildman–Crippen LogP) is 1.06. The molecule has 0 unspecified atom stereocenters. The molecule has 0 aromatic carbocycles. The maximum Gasteiger partial charge on any atom is 0.408 e. The van der Waals surface area contributed by atoms with Crippen molar-refractivity contribution in [2.45, 2.75) is 19.4 Å². The number of carbonyl (C=O) groups excluding carboxylic acids is 1. The minimum Gasteiger partial charge on any atom is -0.465 e. The summed E-state index contributed by atoms with van der Waals surface area (Å²) >= 11 is 0.